The minimum absolute atomic E-state index is 0.178. The summed E-state index contributed by atoms with van der Waals surface area (Å²) in [6.07, 6.45) is 0. The first-order valence-corrected chi connectivity index (χ1v) is 14.3. The molecule has 0 atom stereocenters. The van der Waals surface area contributed by atoms with Gasteiger partial charge >= 0.3 is 0 Å². The summed E-state index contributed by atoms with van der Waals surface area (Å²) in [4.78, 5) is 0.449. The largest absolute Gasteiger partial charge is 0.508 e. The second-order valence-electron chi connectivity index (χ2n) is 9.45. The summed E-state index contributed by atoms with van der Waals surface area (Å²) >= 11 is 12.3. The number of halogens is 2. The summed E-state index contributed by atoms with van der Waals surface area (Å²) in [6, 6.07) is 24.5. The third kappa shape index (κ3) is 5.64. The number of hydrogen-bond acceptors (Lipinski definition) is 4. The predicted octanol–water partition coefficient (Wildman–Crippen LogP) is 8.13. The first-order valence-electron chi connectivity index (χ1n) is 11.7. The van der Waals surface area contributed by atoms with Gasteiger partial charge in [0.2, 0.25) is 9.84 Å². The van der Waals surface area contributed by atoms with Crippen LogP contribution in [0.3, 0.4) is 0 Å². The minimum atomic E-state index is -3.61. The van der Waals surface area contributed by atoms with Gasteiger partial charge in [0, 0.05) is 16.5 Å². The van der Waals surface area contributed by atoms with Crippen molar-refractivity contribution in [3.8, 4) is 17.2 Å². The van der Waals surface area contributed by atoms with Crippen LogP contribution in [0.25, 0.3) is 0 Å². The van der Waals surface area contributed by atoms with Gasteiger partial charge in [0.15, 0.2) is 0 Å². The van der Waals surface area contributed by atoms with E-state index in [2.05, 4.69) is 13.8 Å². The number of alkyl halides is 2. The molecular formula is C30H28Cl2O4S. The molecule has 7 heteroatoms. The normalized spacial score (nSPS) is 11.9. The van der Waals surface area contributed by atoms with Crippen LogP contribution in [0.4, 0.5) is 0 Å². The first kappa shape index (κ1) is 27.1. The Morgan fingerprint density at radius 1 is 0.757 bits per heavy atom. The molecule has 4 nitrogen and oxygen atoms in total. The SMILES string of the molecule is Cc1ccc(S(=O)(=O)c2ccc(Oc3ccc(C(C)(C)c4ccc(O)c(CCl)c4)cc3CCl)cc2)cc1. The maximum Gasteiger partial charge on any atom is 0.206 e. The Labute approximate surface area is 228 Å². The van der Waals surface area contributed by atoms with Gasteiger partial charge in [-0.2, -0.15) is 0 Å². The van der Waals surface area contributed by atoms with E-state index in [1.54, 1.807) is 54.6 Å². The molecule has 0 aliphatic rings. The molecule has 4 aromatic carbocycles. The van der Waals surface area contributed by atoms with Gasteiger partial charge in [-0.05, 0) is 72.6 Å². The van der Waals surface area contributed by atoms with Crippen molar-refractivity contribution in [1.82, 2.24) is 0 Å². The Kier molecular flexibility index (Phi) is 7.88. The number of sulfone groups is 1. The Bertz CT molecular complexity index is 1510. The number of benzene rings is 4. The van der Waals surface area contributed by atoms with Crippen molar-refractivity contribution in [2.45, 2.75) is 47.7 Å². The van der Waals surface area contributed by atoms with Crippen molar-refractivity contribution in [2.75, 3.05) is 0 Å². The van der Waals surface area contributed by atoms with Gasteiger partial charge in [0.25, 0.3) is 0 Å². The highest BCUT2D eigenvalue weighted by atomic mass is 35.5. The minimum Gasteiger partial charge on any atom is -0.508 e. The average Bonchev–Trinajstić information content (AvgIpc) is 2.89. The van der Waals surface area contributed by atoms with E-state index in [0.717, 1.165) is 22.3 Å². The van der Waals surface area contributed by atoms with E-state index in [0.29, 0.717) is 17.1 Å². The maximum absolute atomic E-state index is 12.9. The van der Waals surface area contributed by atoms with E-state index < -0.39 is 9.84 Å². The number of ether oxygens (including phenoxy) is 1. The number of hydrogen-bond donors (Lipinski definition) is 1. The molecule has 0 aliphatic heterocycles. The summed E-state index contributed by atoms with van der Waals surface area (Å²) in [5.74, 6) is 1.74. The van der Waals surface area contributed by atoms with Crippen LogP contribution < -0.4 is 4.74 Å². The second-order valence-corrected chi connectivity index (χ2v) is 11.9. The fourth-order valence-electron chi connectivity index (χ4n) is 4.09. The molecule has 0 aromatic heterocycles. The number of aromatic hydroxyl groups is 1. The van der Waals surface area contributed by atoms with Crippen molar-refractivity contribution in [3.05, 3.63) is 113 Å². The standard InChI is InChI=1S/C30H28Cl2O4S/c1-20-4-10-26(11-5-20)37(34,35)27-12-8-25(9-13-27)36-29-15-7-24(17-22(29)19-32)30(2,3)23-6-14-28(33)21(16-23)18-31/h4-17,33H,18-19H2,1-3H3. The lowest BCUT2D eigenvalue weighted by Gasteiger charge is -2.28. The van der Waals surface area contributed by atoms with E-state index in [9.17, 15) is 13.5 Å². The summed E-state index contributed by atoms with van der Waals surface area (Å²) in [7, 11) is -3.61. The Morgan fingerprint density at radius 2 is 1.27 bits per heavy atom. The Hall–Kier alpha value is -2.99. The van der Waals surface area contributed by atoms with E-state index in [4.69, 9.17) is 27.9 Å². The van der Waals surface area contributed by atoms with Gasteiger partial charge in [0.1, 0.15) is 17.2 Å². The third-order valence-corrected chi connectivity index (χ3v) is 8.93. The van der Waals surface area contributed by atoms with Gasteiger partial charge in [-0.25, -0.2) is 8.42 Å². The highest BCUT2D eigenvalue weighted by Gasteiger charge is 2.25. The lowest BCUT2D eigenvalue weighted by molar-refractivity contribution is 0.469. The molecule has 0 fully saturated rings. The molecule has 0 aliphatic carbocycles. The van der Waals surface area contributed by atoms with E-state index >= 15 is 0 Å². The second kappa shape index (κ2) is 10.8. The Morgan fingerprint density at radius 3 is 1.84 bits per heavy atom. The summed E-state index contributed by atoms with van der Waals surface area (Å²) in [5.41, 5.74) is 4.15. The molecule has 0 unspecified atom stereocenters. The van der Waals surface area contributed by atoms with Crippen LogP contribution >= 0.6 is 23.2 Å². The van der Waals surface area contributed by atoms with Gasteiger partial charge < -0.3 is 9.84 Å². The average molecular weight is 556 g/mol. The van der Waals surface area contributed by atoms with E-state index in [1.165, 1.54) is 0 Å². The fourth-order valence-corrected chi connectivity index (χ4v) is 5.77. The molecule has 0 amide bonds. The molecule has 1 N–H and O–H groups in total. The molecule has 37 heavy (non-hydrogen) atoms. The first-order chi connectivity index (χ1) is 17.6. The van der Waals surface area contributed by atoms with Crippen LogP contribution in [0, 0.1) is 6.92 Å². The zero-order chi connectivity index (χ0) is 26.8. The molecule has 0 saturated heterocycles. The molecule has 4 rings (SSSR count). The van der Waals surface area contributed by atoms with E-state index in [-0.39, 0.29) is 32.7 Å². The van der Waals surface area contributed by atoms with Gasteiger partial charge in [-0.3, -0.25) is 0 Å². The number of phenols is 1. The maximum atomic E-state index is 12.9. The predicted molar refractivity (Wildman–Crippen MR) is 149 cm³/mol. The van der Waals surface area contributed by atoms with Crippen molar-refractivity contribution in [1.29, 1.82) is 0 Å². The van der Waals surface area contributed by atoms with Crippen LogP contribution in [0.2, 0.25) is 0 Å². The monoisotopic (exact) mass is 554 g/mol. The lowest BCUT2D eigenvalue weighted by atomic mass is 9.77. The molecule has 0 saturated carbocycles. The number of phenolic OH excluding ortho intramolecular Hbond substituents is 1. The molecule has 192 valence electrons. The highest BCUT2D eigenvalue weighted by Crippen LogP contribution is 2.37. The van der Waals surface area contributed by atoms with Crippen LogP contribution in [-0.4, -0.2) is 13.5 Å². The van der Waals surface area contributed by atoms with Crippen LogP contribution in [0.5, 0.6) is 17.2 Å². The lowest BCUT2D eigenvalue weighted by Crippen LogP contribution is -2.19. The topological polar surface area (TPSA) is 63.6 Å². The fraction of sp³-hybridized carbons (Fsp3) is 0.200. The van der Waals surface area contributed by atoms with Crippen molar-refractivity contribution in [2.24, 2.45) is 0 Å². The molecule has 0 spiro atoms. The summed E-state index contributed by atoms with van der Waals surface area (Å²) < 4.78 is 32.0. The molecule has 4 aromatic rings. The van der Waals surface area contributed by atoms with Crippen molar-refractivity contribution >= 4 is 33.0 Å². The third-order valence-electron chi connectivity index (χ3n) is 6.56. The van der Waals surface area contributed by atoms with Crippen molar-refractivity contribution in [3.63, 3.8) is 0 Å². The van der Waals surface area contributed by atoms with Crippen LogP contribution in [0.1, 0.15) is 41.7 Å². The van der Waals surface area contributed by atoms with Crippen molar-refractivity contribution < 1.29 is 18.3 Å². The molecule has 0 bridgehead atoms. The van der Waals surface area contributed by atoms with Crippen LogP contribution in [0.15, 0.2) is 94.7 Å². The smallest absolute Gasteiger partial charge is 0.206 e. The summed E-state index contributed by atoms with van der Waals surface area (Å²) in [5, 5.41) is 10.0. The quantitative estimate of drug-likeness (QED) is 0.223. The van der Waals surface area contributed by atoms with E-state index in [1.807, 2.05) is 37.3 Å². The molecule has 0 radical (unpaired) electrons. The number of aryl methyl sites for hydroxylation is 1. The molecule has 0 heterocycles. The van der Waals surface area contributed by atoms with Gasteiger partial charge in [-0.15, -0.1) is 23.2 Å². The molecular weight excluding hydrogens is 527 g/mol. The Balaban J connectivity index is 1.58. The van der Waals surface area contributed by atoms with Crippen LogP contribution in [-0.2, 0) is 27.0 Å². The number of rotatable bonds is 8. The van der Waals surface area contributed by atoms with Gasteiger partial charge in [-0.1, -0.05) is 49.7 Å². The van der Waals surface area contributed by atoms with Gasteiger partial charge in [0.05, 0.1) is 21.6 Å². The zero-order valence-corrected chi connectivity index (χ0v) is 23.2. The zero-order valence-electron chi connectivity index (χ0n) is 20.8. The highest BCUT2D eigenvalue weighted by molar-refractivity contribution is 7.91. The summed E-state index contributed by atoms with van der Waals surface area (Å²) in [6.45, 7) is 6.10.